The van der Waals surface area contributed by atoms with Gasteiger partial charge < -0.3 is 5.73 Å². The van der Waals surface area contributed by atoms with Crippen molar-refractivity contribution in [2.24, 2.45) is 0 Å². The predicted octanol–water partition coefficient (Wildman–Crippen LogP) is 3.95. The fourth-order valence-corrected chi connectivity index (χ4v) is 2.00. The molecule has 0 radical (unpaired) electrons. The van der Waals surface area contributed by atoms with Crippen LogP contribution in [-0.4, -0.2) is 5.78 Å². The first kappa shape index (κ1) is 12.9. The molecule has 0 amide bonds. The summed E-state index contributed by atoms with van der Waals surface area (Å²) >= 11 is 11.7. The summed E-state index contributed by atoms with van der Waals surface area (Å²) in [6.07, 6.45) is 0. The number of hydrogen-bond donors (Lipinski definition) is 1. The zero-order valence-electron chi connectivity index (χ0n) is 9.08. The summed E-state index contributed by atoms with van der Waals surface area (Å²) in [4.78, 5) is 12.1. The third kappa shape index (κ3) is 2.47. The summed E-state index contributed by atoms with van der Waals surface area (Å²) in [6.45, 7) is 0. The van der Waals surface area contributed by atoms with E-state index in [1.54, 1.807) is 0 Å². The Hall–Kier alpha value is -1.58. The van der Waals surface area contributed by atoms with Crippen molar-refractivity contribution in [2.75, 3.05) is 5.73 Å². The Morgan fingerprint density at radius 1 is 1.06 bits per heavy atom. The Bertz CT molecular complexity index is 605. The Labute approximate surface area is 113 Å². The molecule has 2 nitrogen and oxygen atoms in total. The van der Waals surface area contributed by atoms with Gasteiger partial charge in [-0.1, -0.05) is 35.3 Å². The molecule has 18 heavy (non-hydrogen) atoms. The van der Waals surface area contributed by atoms with E-state index in [2.05, 4.69) is 0 Å². The molecular weight excluding hydrogens is 276 g/mol. The highest BCUT2D eigenvalue weighted by Gasteiger charge is 2.13. The van der Waals surface area contributed by atoms with E-state index >= 15 is 0 Å². The molecule has 2 aromatic rings. The third-order valence-corrected chi connectivity index (χ3v) is 3.05. The highest BCUT2D eigenvalue weighted by molar-refractivity contribution is 6.39. The van der Waals surface area contributed by atoms with Crippen molar-refractivity contribution in [3.8, 4) is 0 Å². The van der Waals surface area contributed by atoms with Gasteiger partial charge in [0, 0.05) is 11.1 Å². The van der Waals surface area contributed by atoms with Crippen LogP contribution in [0.5, 0.6) is 0 Å². The second-order valence-corrected chi connectivity index (χ2v) is 4.51. The second kappa shape index (κ2) is 4.96. The lowest BCUT2D eigenvalue weighted by molar-refractivity contribution is 0.103. The number of ketones is 1. The van der Waals surface area contributed by atoms with Gasteiger partial charge in [0.1, 0.15) is 5.82 Å². The molecule has 0 aliphatic carbocycles. The average Bonchev–Trinajstić information content (AvgIpc) is 2.34. The van der Waals surface area contributed by atoms with Crippen LogP contribution in [0, 0.1) is 5.82 Å². The maximum absolute atomic E-state index is 13.0. The normalized spacial score (nSPS) is 10.4. The molecule has 2 aromatic carbocycles. The van der Waals surface area contributed by atoms with Gasteiger partial charge in [-0.25, -0.2) is 4.39 Å². The zero-order chi connectivity index (χ0) is 13.3. The molecule has 92 valence electrons. The van der Waals surface area contributed by atoms with E-state index in [4.69, 9.17) is 28.9 Å². The van der Waals surface area contributed by atoms with Crippen molar-refractivity contribution in [1.82, 2.24) is 0 Å². The van der Waals surface area contributed by atoms with Gasteiger partial charge in [0.05, 0.1) is 15.7 Å². The molecule has 0 fully saturated rings. The lowest BCUT2D eigenvalue weighted by Crippen LogP contribution is -2.03. The summed E-state index contributed by atoms with van der Waals surface area (Å²) in [5.74, 6) is -0.841. The van der Waals surface area contributed by atoms with Crippen LogP contribution < -0.4 is 5.73 Å². The number of halogens is 3. The van der Waals surface area contributed by atoms with Crippen LogP contribution in [0.1, 0.15) is 15.9 Å². The van der Waals surface area contributed by atoms with Gasteiger partial charge in [-0.2, -0.15) is 0 Å². The molecule has 0 saturated heterocycles. The molecular formula is C13H8Cl2FNO. The van der Waals surface area contributed by atoms with Crippen LogP contribution in [0.4, 0.5) is 10.1 Å². The van der Waals surface area contributed by atoms with Crippen LogP contribution >= 0.6 is 23.2 Å². The fraction of sp³-hybridized carbons (Fsp3) is 0. The minimum Gasteiger partial charge on any atom is -0.396 e. The molecule has 0 heterocycles. The summed E-state index contributed by atoms with van der Waals surface area (Å²) < 4.78 is 13.0. The van der Waals surface area contributed by atoms with Crippen molar-refractivity contribution in [3.05, 3.63) is 63.4 Å². The molecule has 0 saturated carbocycles. The Balaban J connectivity index is 2.47. The van der Waals surface area contributed by atoms with Crippen LogP contribution in [0.2, 0.25) is 10.0 Å². The zero-order valence-corrected chi connectivity index (χ0v) is 10.6. The number of anilines is 1. The minimum atomic E-state index is -0.478. The predicted molar refractivity (Wildman–Crippen MR) is 70.7 cm³/mol. The highest BCUT2D eigenvalue weighted by atomic mass is 35.5. The van der Waals surface area contributed by atoms with E-state index in [0.717, 1.165) is 6.07 Å². The number of benzene rings is 2. The summed E-state index contributed by atoms with van der Waals surface area (Å²) in [5.41, 5.74) is 6.29. The van der Waals surface area contributed by atoms with Gasteiger partial charge in [-0.05, 0) is 24.3 Å². The molecule has 5 heteroatoms. The van der Waals surface area contributed by atoms with Crippen LogP contribution in [0.3, 0.4) is 0 Å². The summed E-state index contributed by atoms with van der Waals surface area (Å²) in [6, 6.07) is 8.22. The average molecular weight is 284 g/mol. The molecule has 2 N–H and O–H groups in total. The van der Waals surface area contributed by atoms with Crippen molar-refractivity contribution < 1.29 is 9.18 Å². The molecule has 0 atom stereocenters. The number of rotatable bonds is 2. The van der Waals surface area contributed by atoms with Crippen molar-refractivity contribution in [2.45, 2.75) is 0 Å². The van der Waals surface area contributed by atoms with Crippen LogP contribution in [0.15, 0.2) is 36.4 Å². The largest absolute Gasteiger partial charge is 0.396 e. The number of carbonyl (C=O) groups is 1. The first-order valence-electron chi connectivity index (χ1n) is 5.04. The van der Waals surface area contributed by atoms with Crippen LogP contribution in [-0.2, 0) is 0 Å². The Morgan fingerprint density at radius 3 is 2.22 bits per heavy atom. The SMILES string of the molecule is Nc1c(Cl)cc(C(=O)c2cccc(F)c2)cc1Cl. The first-order valence-corrected chi connectivity index (χ1v) is 5.79. The lowest BCUT2D eigenvalue weighted by atomic mass is 10.0. The van der Waals surface area contributed by atoms with E-state index in [0.29, 0.717) is 0 Å². The molecule has 0 spiro atoms. The molecule has 0 unspecified atom stereocenters. The number of carbonyl (C=O) groups excluding carboxylic acids is 1. The van der Waals surface area contributed by atoms with E-state index in [-0.39, 0.29) is 32.6 Å². The highest BCUT2D eigenvalue weighted by Crippen LogP contribution is 2.29. The summed E-state index contributed by atoms with van der Waals surface area (Å²) in [7, 11) is 0. The third-order valence-electron chi connectivity index (χ3n) is 2.43. The molecule has 0 aliphatic heterocycles. The topological polar surface area (TPSA) is 43.1 Å². The van der Waals surface area contributed by atoms with Crippen molar-refractivity contribution in [1.29, 1.82) is 0 Å². The number of hydrogen-bond acceptors (Lipinski definition) is 2. The van der Waals surface area contributed by atoms with Crippen molar-refractivity contribution in [3.63, 3.8) is 0 Å². The maximum atomic E-state index is 13.0. The molecule has 2 rings (SSSR count). The standard InChI is InChI=1S/C13H8Cl2FNO/c14-10-5-8(6-11(15)12(10)17)13(18)7-2-1-3-9(16)4-7/h1-6H,17H2. The lowest BCUT2D eigenvalue weighted by Gasteiger charge is -2.06. The maximum Gasteiger partial charge on any atom is 0.193 e. The van der Waals surface area contributed by atoms with Crippen LogP contribution in [0.25, 0.3) is 0 Å². The Morgan fingerprint density at radius 2 is 1.67 bits per heavy atom. The van der Waals surface area contributed by atoms with Crippen molar-refractivity contribution >= 4 is 34.7 Å². The fourth-order valence-electron chi connectivity index (χ4n) is 1.51. The van der Waals surface area contributed by atoms with E-state index in [1.165, 1.54) is 30.3 Å². The second-order valence-electron chi connectivity index (χ2n) is 3.69. The first-order chi connectivity index (χ1) is 8.49. The van der Waals surface area contributed by atoms with E-state index < -0.39 is 5.82 Å². The van der Waals surface area contributed by atoms with Gasteiger partial charge in [-0.3, -0.25) is 4.79 Å². The van der Waals surface area contributed by atoms with E-state index in [9.17, 15) is 9.18 Å². The monoisotopic (exact) mass is 283 g/mol. The number of nitrogen functional groups attached to an aromatic ring is 1. The minimum absolute atomic E-state index is 0.197. The van der Waals surface area contributed by atoms with E-state index in [1.807, 2.05) is 0 Å². The van der Waals surface area contributed by atoms with Gasteiger partial charge in [0.2, 0.25) is 0 Å². The molecule has 0 bridgehead atoms. The Kier molecular flexibility index (Phi) is 3.55. The molecule has 0 aromatic heterocycles. The van der Waals surface area contributed by atoms with Gasteiger partial charge in [0.25, 0.3) is 0 Å². The van der Waals surface area contributed by atoms with Gasteiger partial charge >= 0.3 is 0 Å². The molecule has 0 aliphatic rings. The number of nitrogens with two attached hydrogens (primary N) is 1. The van der Waals surface area contributed by atoms with Gasteiger partial charge in [-0.15, -0.1) is 0 Å². The van der Waals surface area contributed by atoms with Gasteiger partial charge in [0.15, 0.2) is 5.78 Å². The quantitative estimate of drug-likeness (QED) is 0.670. The smallest absolute Gasteiger partial charge is 0.193 e. The summed E-state index contributed by atoms with van der Waals surface area (Å²) in [5, 5.41) is 0.393.